The van der Waals surface area contributed by atoms with Gasteiger partial charge >= 0.3 is 0 Å². The number of aromatic nitrogens is 1. The SMILES string of the molecule is C=CC(=O)Nc1ccc(CCc2nccs2)cc1. The summed E-state index contributed by atoms with van der Waals surface area (Å²) in [5.41, 5.74) is 2.03. The topological polar surface area (TPSA) is 42.0 Å². The number of rotatable bonds is 5. The fraction of sp³-hybridized carbons (Fsp3) is 0.143. The van der Waals surface area contributed by atoms with Crippen LogP contribution in [0, 0.1) is 0 Å². The highest BCUT2D eigenvalue weighted by molar-refractivity contribution is 7.09. The second kappa shape index (κ2) is 6.12. The average Bonchev–Trinajstić information content (AvgIpc) is 2.91. The number of nitrogens with zero attached hydrogens (tertiary/aromatic N) is 1. The zero-order chi connectivity index (χ0) is 12.8. The van der Waals surface area contributed by atoms with Gasteiger partial charge in [0.05, 0.1) is 5.01 Å². The molecule has 0 aliphatic carbocycles. The van der Waals surface area contributed by atoms with Gasteiger partial charge in [0.15, 0.2) is 0 Å². The van der Waals surface area contributed by atoms with Crippen LogP contribution in [0.2, 0.25) is 0 Å². The highest BCUT2D eigenvalue weighted by atomic mass is 32.1. The van der Waals surface area contributed by atoms with Crippen molar-refractivity contribution in [3.05, 3.63) is 59.1 Å². The van der Waals surface area contributed by atoms with Crippen molar-refractivity contribution in [1.29, 1.82) is 0 Å². The summed E-state index contributed by atoms with van der Waals surface area (Å²) in [4.78, 5) is 15.4. The Labute approximate surface area is 110 Å². The van der Waals surface area contributed by atoms with Crippen LogP contribution in [0.3, 0.4) is 0 Å². The Morgan fingerprint density at radius 1 is 1.33 bits per heavy atom. The standard InChI is InChI=1S/C14H14N2OS/c1-2-13(17)16-12-6-3-11(4-7-12)5-8-14-15-9-10-18-14/h2-4,6-7,9-10H,1,5,8H2,(H,16,17). The highest BCUT2D eigenvalue weighted by Crippen LogP contribution is 2.13. The van der Waals surface area contributed by atoms with Crippen molar-refractivity contribution in [1.82, 2.24) is 4.98 Å². The van der Waals surface area contributed by atoms with Gasteiger partial charge in [-0.15, -0.1) is 11.3 Å². The molecule has 92 valence electrons. The molecule has 0 radical (unpaired) electrons. The Kier molecular flexibility index (Phi) is 4.25. The fourth-order valence-corrected chi connectivity index (χ4v) is 2.20. The molecule has 2 aromatic rings. The van der Waals surface area contributed by atoms with E-state index in [0.29, 0.717) is 0 Å². The lowest BCUT2D eigenvalue weighted by Gasteiger charge is -2.04. The van der Waals surface area contributed by atoms with Crippen LogP contribution >= 0.6 is 11.3 Å². The summed E-state index contributed by atoms with van der Waals surface area (Å²) in [6.07, 6.45) is 5.00. The van der Waals surface area contributed by atoms with Crippen LogP contribution in [0.4, 0.5) is 5.69 Å². The van der Waals surface area contributed by atoms with Crippen LogP contribution < -0.4 is 5.32 Å². The molecule has 0 aliphatic rings. The van der Waals surface area contributed by atoms with E-state index in [1.54, 1.807) is 11.3 Å². The predicted octanol–water partition coefficient (Wildman–Crippen LogP) is 3.05. The third-order valence-electron chi connectivity index (χ3n) is 2.52. The number of carbonyl (C=O) groups excluding carboxylic acids is 1. The highest BCUT2D eigenvalue weighted by Gasteiger charge is 2.00. The molecule has 1 aromatic carbocycles. The second-order valence-corrected chi connectivity index (χ2v) is 4.80. The number of thiazole rings is 1. The number of anilines is 1. The molecule has 18 heavy (non-hydrogen) atoms. The number of carbonyl (C=O) groups is 1. The molecular formula is C14H14N2OS. The first-order chi connectivity index (χ1) is 8.78. The minimum Gasteiger partial charge on any atom is -0.323 e. The number of amides is 1. The third kappa shape index (κ3) is 3.53. The van der Waals surface area contributed by atoms with Crippen LogP contribution in [-0.2, 0) is 17.6 Å². The Bertz CT molecular complexity index is 517. The molecule has 1 N–H and O–H groups in total. The first-order valence-corrected chi connectivity index (χ1v) is 6.56. The van der Waals surface area contributed by atoms with Crippen LogP contribution in [0.15, 0.2) is 48.5 Å². The minimum atomic E-state index is -0.189. The van der Waals surface area contributed by atoms with E-state index in [2.05, 4.69) is 16.9 Å². The van der Waals surface area contributed by atoms with E-state index in [-0.39, 0.29) is 5.91 Å². The molecule has 1 amide bonds. The van der Waals surface area contributed by atoms with E-state index in [4.69, 9.17) is 0 Å². The molecule has 0 saturated heterocycles. The van der Waals surface area contributed by atoms with Crippen LogP contribution in [-0.4, -0.2) is 10.9 Å². The quantitative estimate of drug-likeness (QED) is 0.837. The van der Waals surface area contributed by atoms with Gasteiger partial charge in [0.2, 0.25) is 5.91 Å². The third-order valence-corrected chi connectivity index (χ3v) is 3.36. The Hall–Kier alpha value is -1.94. The van der Waals surface area contributed by atoms with Crippen molar-refractivity contribution >= 4 is 22.9 Å². The van der Waals surface area contributed by atoms with Crippen LogP contribution in [0.25, 0.3) is 0 Å². The summed E-state index contributed by atoms with van der Waals surface area (Å²) in [5, 5.41) is 5.86. The van der Waals surface area contributed by atoms with E-state index < -0.39 is 0 Å². The first kappa shape index (κ1) is 12.5. The normalized spacial score (nSPS) is 10.0. The molecule has 0 aliphatic heterocycles. The van der Waals surface area contributed by atoms with Crippen molar-refractivity contribution in [3.8, 4) is 0 Å². The Morgan fingerprint density at radius 3 is 2.72 bits per heavy atom. The maximum Gasteiger partial charge on any atom is 0.247 e. The number of nitrogens with one attached hydrogen (secondary N) is 1. The van der Waals surface area contributed by atoms with Crippen molar-refractivity contribution in [2.24, 2.45) is 0 Å². The van der Waals surface area contributed by atoms with Gasteiger partial charge in [-0.25, -0.2) is 4.98 Å². The average molecular weight is 258 g/mol. The summed E-state index contributed by atoms with van der Waals surface area (Å²) in [6, 6.07) is 7.84. The van der Waals surface area contributed by atoms with Crippen molar-refractivity contribution < 1.29 is 4.79 Å². The number of benzene rings is 1. The van der Waals surface area contributed by atoms with E-state index in [0.717, 1.165) is 23.5 Å². The molecule has 2 rings (SSSR count). The lowest BCUT2D eigenvalue weighted by molar-refractivity contribution is -0.111. The maximum absolute atomic E-state index is 11.1. The summed E-state index contributed by atoms with van der Waals surface area (Å²) in [5.74, 6) is -0.189. The van der Waals surface area contributed by atoms with E-state index in [9.17, 15) is 4.79 Å². The van der Waals surface area contributed by atoms with Gasteiger partial charge in [0, 0.05) is 23.7 Å². The number of aryl methyl sites for hydroxylation is 2. The molecule has 0 saturated carbocycles. The van der Waals surface area contributed by atoms with Gasteiger partial charge in [0.25, 0.3) is 0 Å². The summed E-state index contributed by atoms with van der Waals surface area (Å²) in [6.45, 7) is 3.41. The number of hydrogen-bond donors (Lipinski definition) is 1. The zero-order valence-corrected chi connectivity index (χ0v) is 10.7. The molecule has 0 spiro atoms. The Balaban J connectivity index is 1.91. The fourth-order valence-electron chi connectivity index (χ4n) is 1.58. The van der Waals surface area contributed by atoms with Gasteiger partial charge in [-0.3, -0.25) is 4.79 Å². The summed E-state index contributed by atoms with van der Waals surface area (Å²) >= 11 is 1.68. The molecular weight excluding hydrogens is 244 g/mol. The number of hydrogen-bond acceptors (Lipinski definition) is 3. The lowest BCUT2D eigenvalue weighted by atomic mass is 10.1. The smallest absolute Gasteiger partial charge is 0.247 e. The first-order valence-electron chi connectivity index (χ1n) is 5.68. The van der Waals surface area contributed by atoms with E-state index in [1.807, 2.05) is 35.8 Å². The molecule has 1 heterocycles. The van der Waals surface area contributed by atoms with E-state index >= 15 is 0 Å². The van der Waals surface area contributed by atoms with Crippen molar-refractivity contribution in [2.75, 3.05) is 5.32 Å². The van der Waals surface area contributed by atoms with Crippen LogP contribution in [0.5, 0.6) is 0 Å². The largest absolute Gasteiger partial charge is 0.323 e. The van der Waals surface area contributed by atoms with Gasteiger partial charge in [0.1, 0.15) is 0 Å². The van der Waals surface area contributed by atoms with Gasteiger partial charge in [-0.1, -0.05) is 18.7 Å². The predicted molar refractivity (Wildman–Crippen MR) is 74.8 cm³/mol. The zero-order valence-electron chi connectivity index (χ0n) is 9.93. The monoisotopic (exact) mass is 258 g/mol. The molecule has 3 nitrogen and oxygen atoms in total. The molecule has 4 heteroatoms. The molecule has 0 fully saturated rings. The minimum absolute atomic E-state index is 0.189. The van der Waals surface area contributed by atoms with Crippen molar-refractivity contribution in [2.45, 2.75) is 12.8 Å². The summed E-state index contributed by atoms with van der Waals surface area (Å²) < 4.78 is 0. The van der Waals surface area contributed by atoms with Crippen molar-refractivity contribution in [3.63, 3.8) is 0 Å². The second-order valence-electron chi connectivity index (χ2n) is 3.82. The molecule has 0 unspecified atom stereocenters. The molecule has 0 bridgehead atoms. The van der Waals surface area contributed by atoms with Gasteiger partial charge in [-0.2, -0.15) is 0 Å². The van der Waals surface area contributed by atoms with Gasteiger partial charge < -0.3 is 5.32 Å². The summed E-state index contributed by atoms with van der Waals surface area (Å²) in [7, 11) is 0. The van der Waals surface area contributed by atoms with Gasteiger partial charge in [-0.05, 0) is 30.2 Å². The lowest BCUT2D eigenvalue weighted by Crippen LogP contribution is -2.07. The maximum atomic E-state index is 11.1. The van der Waals surface area contributed by atoms with E-state index in [1.165, 1.54) is 11.6 Å². The molecule has 1 aromatic heterocycles. The van der Waals surface area contributed by atoms with Crippen LogP contribution in [0.1, 0.15) is 10.6 Å². The molecule has 0 atom stereocenters. The Morgan fingerprint density at radius 2 is 2.11 bits per heavy atom.